The molecule has 0 saturated heterocycles. The molecule has 3 N–H and O–H groups in total. The van der Waals surface area contributed by atoms with Crippen molar-refractivity contribution < 1.29 is 9.50 Å². The summed E-state index contributed by atoms with van der Waals surface area (Å²) in [5.41, 5.74) is 7.88. The maximum Gasteiger partial charge on any atom is 0.260 e. The number of benzene rings is 2. The van der Waals surface area contributed by atoms with Crippen LogP contribution in [0.4, 0.5) is 10.2 Å². The highest BCUT2D eigenvalue weighted by Crippen LogP contribution is 2.37. The van der Waals surface area contributed by atoms with Gasteiger partial charge in [0, 0.05) is 23.4 Å². The molecule has 1 aliphatic rings. The maximum atomic E-state index is 14.0. The lowest BCUT2D eigenvalue weighted by Gasteiger charge is -2.15. The van der Waals surface area contributed by atoms with Crippen LogP contribution in [0.2, 0.25) is 5.02 Å². The topological polar surface area (TPSA) is 112 Å². The smallest absolute Gasteiger partial charge is 0.260 e. The van der Waals surface area contributed by atoms with E-state index in [0.717, 1.165) is 30.0 Å². The van der Waals surface area contributed by atoms with Crippen molar-refractivity contribution in [3.8, 4) is 17.0 Å². The zero-order chi connectivity index (χ0) is 23.6. The van der Waals surface area contributed by atoms with Crippen molar-refractivity contribution in [3.63, 3.8) is 0 Å². The number of pyridine rings is 1. The quantitative estimate of drug-likeness (QED) is 0.400. The van der Waals surface area contributed by atoms with Crippen molar-refractivity contribution in [2.75, 3.05) is 5.73 Å². The van der Waals surface area contributed by atoms with Gasteiger partial charge in [0.15, 0.2) is 5.65 Å². The largest absolute Gasteiger partial charge is 0.508 e. The minimum absolute atomic E-state index is 0.101. The molecule has 0 amide bonds. The molecule has 3 heterocycles. The third-order valence-corrected chi connectivity index (χ3v) is 6.36. The van der Waals surface area contributed by atoms with Crippen LogP contribution in [0.5, 0.6) is 5.75 Å². The molecule has 34 heavy (non-hydrogen) atoms. The highest BCUT2D eigenvalue weighted by molar-refractivity contribution is 6.35. The molecule has 1 saturated carbocycles. The molecule has 0 radical (unpaired) electrons. The summed E-state index contributed by atoms with van der Waals surface area (Å²) in [6.07, 6.45) is 3.15. The molecule has 5 aromatic rings. The molecule has 0 aliphatic heterocycles. The van der Waals surface area contributed by atoms with Crippen LogP contribution in [0.15, 0.2) is 53.6 Å². The fourth-order valence-corrected chi connectivity index (χ4v) is 4.71. The Morgan fingerprint density at radius 2 is 1.97 bits per heavy atom. The Hall–Kier alpha value is -3.98. The third-order valence-electron chi connectivity index (χ3n) is 6.05. The van der Waals surface area contributed by atoms with E-state index in [0.29, 0.717) is 32.7 Å². The van der Waals surface area contributed by atoms with E-state index in [-0.39, 0.29) is 29.7 Å². The van der Waals surface area contributed by atoms with Crippen molar-refractivity contribution >= 4 is 39.2 Å². The molecule has 1 fully saturated rings. The van der Waals surface area contributed by atoms with Gasteiger partial charge >= 0.3 is 0 Å². The van der Waals surface area contributed by atoms with Crippen LogP contribution in [0, 0.1) is 5.82 Å². The number of halogens is 2. The molecule has 10 heteroatoms. The molecular weight excluding hydrogens is 459 g/mol. The molecule has 6 rings (SSSR count). The molecule has 0 bridgehead atoms. The summed E-state index contributed by atoms with van der Waals surface area (Å²) in [5.74, 6) is -0.663. The average Bonchev–Trinajstić information content (AvgIpc) is 3.54. The maximum absolute atomic E-state index is 14.0. The molecular formula is C24H18ClFN6O2. The minimum atomic E-state index is -0.609. The van der Waals surface area contributed by atoms with Gasteiger partial charge in [0.1, 0.15) is 29.4 Å². The highest BCUT2D eigenvalue weighted by atomic mass is 35.5. The fourth-order valence-electron chi connectivity index (χ4n) is 4.45. The lowest BCUT2D eigenvalue weighted by Crippen LogP contribution is -2.24. The first-order valence-electron chi connectivity index (χ1n) is 10.7. The number of aromatic hydroxyl groups is 1. The zero-order valence-electron chi connectivity index (χ0n) is 17.7. The average molecular weight is 477 g/mol. The number of hydrogen-bond donors (Lipinski definition) is 2. The SMILES string of the molecule is Nc1ncnc2c1c(-c1cc(O)cc(F)c1)nn2Cc1cc2cccc(Cl)c2c(=O)n1C1CC1. The van der Waals surface area contributed by atoms with Gasteiger partial charge in [-0.25, -0.2) is 19.0 Å². The molecule has 170 valence electrons. The predicted octanol–water partition coefficient (Wildman–Crippen LogP) is 4.27. The first kappa shape index (κ1) is 20.6. The number of nitrogens with two attached hydrogens (primary N) is 1. The summed E-state index contributed by atoms with van der Waals surface area (Å²) < 4.78 is 17.4. The first-order valence-corrected chi connectivity index (χ1v) is 11.1. The molecule has 2 aromatic carbocycles. The summed E-state index contributed by atoms with van der Waals surface area (Å²) in [6, 6.07) is 11.1. The lowest BCUT2D eigenvalue weighted by atomic mass is 10.1. The van der Waals surface area contributed by atoms with E-state index in [1.807, 2.05) is 12.1 Å². The summed E-state index contributed by atoms with van der Waals surface area (Å²) >= 11 is 6.35. The zero-order valence-corrected chi connectivity index (χ0v) is 18.5. The highest BCUT2D eigenvalue weighted by Gasteiger charge is 2.29. The summed E-state index contributed by atoms with van der Waals surface area (Å²) in [4.78, 5) is 21.8. The predicted molar refractivity (Wildman–Crippen MR) is 127 cm³/mol. The number of anilines is 1. The standard InChI is InChI=1S/C24H18ClFN6O2/c25-18-3-1-2-12-7-16(32(15-4-5-15)24(34)19(12)18)10-31-23-20(22(27)28-11-29-23)21(30-31)13-6-14(26)9-17(33)8-13/h1-3,6-9,11,15,33H,4-5,10H2,(H2,27,28,29). The Bertz CT molecular complexity index is 1650. The number of hydrogen-bond acceptors (Lipinski definition) is 6. The second kappa shape index (κ2) is 7.53. The van der Waals surface area contributed by atoms with Crippen molar-refractivity contribution in [1.29, 1.82) is 0 Å². The van der Waals surface area contributed by atoms with Crippen LogP contribution in [-0.2, 0) is 6.54 Å². The first-order chi connectivity index (χ1) is 16.4. The van der Waals surface area contributed by atoms with Gasteiger partial charge in [-0.15, -0.1) is 0 Å². The van der Waals surface area contributed by atoms with Crippen molar-refractivity contribution in [3.05, 3.63) is 75.7 Å². The number of nitrogen functional groups attached to an aromatic ring is 1. The van der Waals surface area contributed by atoms with Crippen LogP contribution in [0.25, 0.3) is 33.1 Å². The third kappa shape index (κ3) is 3.28. The van der Waals surface area contributed by atoms with E-state index < -0.39 is 5.82 Å². The number of fused-ring (bicyclic) bond motifs is 2. The van der Waals surface area contributed by atoms with Gasteiger partial charge in [0.2, 0.25) is 0 Å². The Kier molecular flexibility index (Phi) is 4.56. The lowest BCUT2D eigenvalue weighted by molar-refractivity contribution is 0.469. The van der Waals surface area contributed by atoms with Gasteiger partial charge in [0.05, 0.1) is 22.3 Å². The summed E-state index contributed by atoms with van der Waals surface area (Å²) in [7, 11) is 0. The van der Waals surface area contributed by atoms with E-state index in [4.69, 9.17) is 17.3 Å². The Balaban J connectivity index is 1.57. The monoisotopic (exact) mass is 476 g/mol. The number of phenols is 1. The van der Waals surface area contributed by atoms with E-state index >= 15 is 0 Å². The van der Waals surface area contributed by atoms with Crippen LogP contribution < -0.4 is 11.3 Å². The van der Waals surface area contributed by atoms with Gasteiger partial charge in [-0.1, -0.05) is 23.7 Å². The van der Waals surface area contributed by atoms with Crippen LogP contribution >= 0.6 is 11.6 Å². The van der Waals surface area contributed by atoms with Crippen molar-refractivity contribution in [2.45, 2.75) is 25.4 Å². The van der Waals surface area contributed by atoms with Crippen molar-refractivity contribution in [1.82, 2.24) is 24.3 Å². The van der Waals surface area contributed by atoms with Gasteiger partial charge in [0.25, 0.3) is 5.56 Å². The molecule has 0 atom stereocenters. The number of nitrogens with zero attached hydrogens (tertiary/aromatic N) is 5. The normalized spacial score (nSPS) is 13.7. The number of rotatable bonds is 4. The number of phenolic OH excluding ortho intramolecular Hbond substituents is 1. The van der Waals surface area contributed by atoms with Crippen molar-refractivity contribution in [2.24, 2.45) is 0 Å². The fraction of sp³-hybridized carbons (Fsp3) is 0.167. The van der Waals surface area contributed by atoms with E-state index in [1.165, 1.54) is 18.5 Å². The summed E-state index contributed by atoms with van der Waals surface area (Å²) in [5, 5.41) is 16.7. The second-order valence-electron chi connectivity index (χ2n) is 8.41. The van der Waals surface area contributed by atoms with Crippen LogP contribution in [0.1, 0.15) is 24.6 Å². The van der Waals surface area contributed by atoms with E-state index in [2.05, 4.69) is 15.1 Å². The molecule has 0 unspecified atom stereocenters. The van der Waals surface area contributed by atoms with E-state index in [1.54, 1.807) is 21.4 Å². The summed E-state index contributed by atoms with van der Waals surface area (Å²) in [6.45, 7) is 0.225. The van der Waals surface area contributed by atoms with Crippen LogP contribution in [-0.4, -0.2) is 29.4 Å². The van der Waals surface area contributed by atoms with Crippen LogP contribution in [0.3, 0.4) is 0 Å². The van der Waals surface area contributed by atoms with Gasteiger partial charge in [-0.2, -0.15) is 5.10 Å². The van der Waals surface area contributed by atoms with E-state index in [9.17, 15) is 14.3 Å². The Morgan fingerprint density at radius 3 is 2.74 bits per heavy atom. The number of aromatic nitrogens is 5. The van der Waals surface area contributed by atoms with Gasteiger partial charge in [-0.3, -0.25) is 4.79 Å². The molecule has 8 nitrogen and oxygen atoms in total. The second-order valence-corrected chi connectivity index (χ2v) is 8.82. The minimum Gasteiger partial charge on any atom is -0.508 e. The Morgan fingerprint density at radius 1 is 1.15 bits per heavy atom. The molecule has 0 spiro atoms. The van der Waals surface area contributed by atoms with Gasteiger partial charge < -0.3 is 15.4 Å². The Labute approximate surface area is 197 Å². The molecule has 3 aromatic heterocycles. The van der Waals surface area contributed by atoms with Gasteiger partial charge in [-0.05, 0) is 42.5 Å². The molecule has 1 aliphatic carbocycles.